The molecule has 0 spiro atoms. The molecule has 2 unspecified atom stereocenters. The summed E-state index contributed by atoms with van der Waals surface area (Å²) in [5.41, 5.74) is 5.60. The Morgan fingerprint density at radius 2 is 2.15 bits per heavy atom. The lowest BCUT2D eigenvalue weighted by molar-refractivity contribution is -0.144. The number of aliphatic carboxylic acids is 1. The number of nitrogens with one attached hydrogen (secondary N) is 1. The Kier molecular flexibility index (Phi) is 4.55. The molecule has 1 aromatic heterocycles. The minimum Gasteiger partial charge on any atom is -0.481 e. The van der Waals surface area contributed by atoms with Crippen molar-refractivity contribution >= 4 is 17.7 Å². The van der Waals surface area contributed by atoms with Crippen LogP contribution in [0.2, 0.25) is 0 Å². The average Bonchev–Trinajstić information content (AvgIpc) is 2.45. The molecule has 108 valence electrons. The van der Waals surface area contributed by atoms with Gasteiger partial charge in [-0.1, -0.05) is 12.8 Å². The highest BCUT2D eigenvalue weighted by Gasteiger charge is 2.30. The van der Waals surface area contributed by atoms with Gasteiger partial charge in [0.05, 0.1) is 5.92 Å². The highest BCUT2D eigenvalue weighted by Crippen LogP contribution is 2.30. The van der Waals surface area contributed by atoms with Crippen LogP contribution in [0, 0.1) is 11.8 Å². The second-order valence-corrected chi connectivity index (χ2v) is 5.16. The largest absolute Gasteiger partial charge is 0.481 e. The minimum atomic E-state index is -0.727. The van der Waals surface area contributed by atoms with E-state index in [1.54, 1.807) is 12.1 Å². The molecule has 1 heterocycles. The molecule has 1 aliphatic carbocycles. The Hall–Kier alpha value is -2.11. The van der Waals surface area contributed by atoms with Crippen molar-refractivity contribution in [3.05, 3.63) is 23.9 Å². The number of aromatic nitrogens is 1. The smallest absolute Gasteiger partial charge is 0.306 e. The Labute approximate surface area is 117 Å². The number of anilines is 1. The number of hydrogen-bond acceptors (Lipinski definition) is 4. The summed E-state index contributed by atoms with van der Waals surface area (Å²) in [5, 5.41) is 12.3. The number of carboxylic acid groups (broad SMARTS) is 1. The molecular weight excluding hydrogens is 258 g/mol. The van der Waals surface area contributed by atoms with Crippen LogP contribution in [0.3, 0.4) is 0 Å². The number of nitrogens with zero attached hydrogens (tertiary/aromatic N) is 1. The summed E-state index contributed by atoms with van der Waals surface area (Å²) >= 11 is 0. The summed E-state index contributed by atoms with van der Waals surface area (Å²) in [4.78, 5) is 26.4. The second-order valence-electron chi connectivity index (χ2n) is 5.16. The molecule has 1 amide bonds. The van der Waals surface area contributed by atoms with Crippen molar-refractivity contribution in [2.45, 2.75) is 25.7 Å². The highest BCUT2D eigenvalue weighted by atomic mass is 16.4. The van der Waals surface area contributed by atoms with E-state index in [-0.39, 0.29) is 11.8 Å². The second kappa shape index (κ2) is 6.36. The molecule has 0 radical (unpaired) electrons. The molecule has 1 aliphatic rings. The molecule has 0 saturated heterocycles. The maximum absolute atomic E-state index is 11.2. The number of primary amides is 1. The van der Waals surface area contributed by atoms with Crippen LogP contribution in [0.25, 0.3) is 0 Å². The SMILES string of the molecule is NC(=O)c1ccnc(NCC2CCCCC2C(=O)O)c1. The third kappa shape index (κ3) is 3.46. The molecule has 2 rings (SSSR count). The maximum Gasteiger partial charge on any atom is 0.306 e. The number of rotatable bonds is 5. The van der Waals surface area contributed by atoms with Crippen molar-refractivity contribution in [1.82, 2.24) is 4.98 Å². The van der Waals surface area contributed by atoms with Crippen molar-refractivity contribution in [3.8, 4) is 0 Å². The Bertz CT molecular complexity index is 504. The first-order valence-electron chi connectivity index (χ1n) is 6.80. The minimum absolute atomic E-state index is 0.0975. The normalized spacial score (nSPS) is 22.2. The van der Waals surface area contributed by atoms with Crippen molar-refractivity contribution in [1.29, 1.82) is 0 Å². The van der Waals surface area contributed by atoms with Crippen LogP contribution in [-0.4, -0.2) is 28.5 Å². The Balaban J connectivity index is 1.98. The van der Waals surface area contributed by atoms with Crippen LogP contribution in [0.1, 0.15) is 36.0 Å². The summed E-state index contributed by atoms with van der Waals surface area (Å²) in [6.45, 7) is 0.548. The standard InChI is InChI=1S/C14H19N3O3/c15-13(18)9-5-6-16-12(7-9)17-8-10-3-1-2-4-11(10)14(19)20/h5-7,10-11H,1-4,8H2,(H2,15,18)(H,16,17)(H,19,20). The van der Waals surface area contributed by atoms with Crippen molar-refractivity contribution in [2.24, 2.45) is 17.6 Å². The number of carboxylic acids is 1. The lowest BCUT2D eigenvalue weighted by Crippen LogP contribution is -2.31. The first-order valence-corrected chi connectivity index (χ1v) is 6.80. The van der Waals surface area contributed by atoms with E-state index >= 15 is 0 Å². The fourth-order valence-electron chi connectivity index (χ4n) is 2.69. The van der Waals surface area contributed by atoms with Crippen LogP contribution in [0.5, 0.6) is 0 Å². The van der Waals surface area contributed by atoms with E-state index in [0.717, 1.165) is 25.7 Å². The predicted octanol–water partition coefficient (Wildman–Crippen LogP) is 1.48. The van der Waals surface area contributed by atoms with Gasteiger partial charge in [-0.25, -0.2) is 4.98 Å². The van der Waals surface area contributed by atoms with Gasteiger partial charge in [0.2, 0.25) is 5.91 Å². The summed E-state index contributed by atoms with van der Waals surface area (Å²) in [6.07, 6.45) is 5.18. The lowest BCUT2D eigenvalue weighted by Gasteiger charge is -2.28. The zero-order valence-corrected chi connectivity index (χ0v) is 11.2. The molecule has 1 saturated carbocycles. The molecular formula is C14H19N3O3. The van der Waals surface area contributed by atoms with Gasteiger partial charge in [0.1, 0.15) is 5.82 Å². The number of amides is 1. The molecule has 20 heavy (non-hydrogen) atoms. The molecule has 6 heteroatoms. The molecule has 0 aromatic carbocycles. The van der Waals surface area contributed by atoms with Gasteiger partial charge in [-0.3, -0.25) is 9.59 Å². The van der Waals surface area contributed by atoms with E-state index in [2.05, 4.69) is 10.3 Å². The Morgan fingerprint density at radius 1 is 1.40 bits per heavy atom. The fourth-order valence-corrected chi connectivity index (χ4v) is 2.69. The van der Waals surface area contributed by atoms with Gasteiger partial charge in [0.15, 0.2) is 0 Å². The van der Waals surface area contributed by atoms with Crippen LogP contribution >= 0.6 is 0 Å². The van der Waals surface area contributed by atoms with E-state index in [9.17, 15) is 14.7 Å². The van der Waals surface area contributed by atoms with Gasteiger partial charge in [0, 0.05) is 18.3 Å². The van der Waals surface area contributed by atoms with E-state index < -0.39 is 11.9 Å². The molecule has 4 N–H and O–H groups in total. The number of carbonyl (C=O) groups excluding carboxylic acids is 1. The molecule has 0 bridgehead atoms. The number of nitrogens with two attached hydrogens (primary N) is 1. The molecule has 0 aliphatic heterocycles. The summed E-state index contributed by atoms with van der Waals surface area (Å²) < 4.78 is 0. The number of pyridine rings is 1. The number of hydrogen-bond donors (Lipinski definition) is 3. The fraction of sp³-hybridized carbons (Fsp3) is 0.500. The topological polar surface area (TPSA) is 105 Å². The first-order chi connectivity index (χ1) is 9.58. The van der Waals surface area contributed by atoms with E-state index in [1.165, 1.54) is 6.20 Å². The van der Waals surface area contributed by atoms with Crippen molar-refractivity contribution in [2.75, 3.05) is 11.9 Å². The van der Waals surface area contributed by atoms with Gasteiger partial charge in [-0.2, -0.15) is 0 Å². The predicted molar refractivity (Wildman–Crippen MR) is 74.3 cm³/mol. The molecule has 6 nitrogen and oxygen atoms in total. The van der Waals surface area contributed by atoms with Gasteiger partial charge < -0.3 is 16.2 Å². The zero-order chi connectivity index (χ0) is 14.5. The summed E-state index contributed by atoms with van der Waals surface area (Å²) in [6, 6.07) is 3.13. The third-order valence-corrected chi connectivity index (χ3v) is 3.82. The van der Waals surface area contributed by atoms with Crippen LogP contribution in [0.4, 0.5) is 5.82 Å². The molecule has 1 fully saturated rings. The average molecular weight is 277 g/mol. The first kappa shape index (κ1) is 14.3. The van der Waals surface area contributed by atoms with Gasteiger partial charge in [-0.15, -0.1) is 0 Å². The van der Waals surface area contributed by atoms with Gasteiger partial charge in [-0.05, 0) is 30.9 Å². The summed E-state index contributed by atoms with van der Waals surface area (Å²) in [5.74, 6) is -0.876. The Morgan fingerprint density at radius 3 is 2.85 bits per heavy atom. The van der Waals surface area contributed by atoms with Crippen molar-refractivity contribution < 1.29 is 14.7 Å². The molecule has 2 atom stereocenters. The zero-order valence-electron chi connectivity index (χ0n) is 11.2. The number of carbonyl (C=O) groups is 2. The van der Waals surface area contributed by atoms with Gasteiger partial charge in [0.25, 0.3) is 0 Å². The quantitative estimate of drug-likeness (QED) is 0.756. The van der Waals surface area contributed by atoms with Crippen LogP contribution in [-0.2, 0) is 4.79 Å². The molecule has 1 aromatic rings. The third-order valence-electron chi connectivity index (χ3n) is 3.82. The van der Waals surface area contributed by atoms with E-state index in [0.29, 0.717) is 17.9 Å². The monoisotopic (exact) mass is 277 g/mol. The van der Waals surface area contributed by atoms with Crippen LogP contribution in [0.15, 0.2) is 18.3 Å². The highest BCUT2D eigenvalue weighted by molar-refractivity contribution is 5.93. The van der Waals surface area contributed by atoms with E-state index in [4.69, 9.17) is 5.73 Å². The van der Waals surface area contributed by atoms with Gasteiger partial charge >= 0.3 is 5.97 Å². The summed E-state index contributed by atoms with van der Waals surface area (Å²) in [7, 11) is 0. The van der Waals surface area contributed by atoms with E-state index in [1.807, 2.05) is 0 Å². The van der Waals surface area contributed by atoms with Crippen molar-refractivity contribution in [3.63, 3.8) is 0 Å². The van der Waals surface area contributed by atoms with Crippen LogP contribution < -0.4 is 11.1 Å². The lowest BCUT2D eigenvalue weighted by atomic mass is 9.79. The maximum atomic E-state index is 11.2.